The number of nitrogens with zero attached hydrogens (tertiary/aromatic N) is 1. The van der Waals surface area contributed by atoms with E-state index in [1.54, 1.807) is 30.5 Å². The minimum absolute atomic E-state index is 0.278. The quantitative estimate of drug-likeness (QED) is 0.561. The maximum absolute atomic E-state index is 12.1. The van der Waals surface area contributed by atoms with Crippen molar-refractivity contribution in [1.29, 1.82) is 0 Å². The fourth-order valence-electron chi connectivity index (χ4n) is 3.24. The molecule has 1 N–H and O–H groups in total. The molecule has 118 valence electrons. The van der Waals surface area contributed by atoms with E-state index in [0.29, 0.717) is 10.6 Å². The molecule has 1 amide bonds. The smallest absolute Gasteiger partial charge is 0.267 e. The molecule has 24 heavy (non-hydrogen) atoms. The lowest BCUT2D eigenvalue weighted by Crippen LogP contribution is -2.17. The second kappa shape index (κ2) is 6.10. The molecule has 1 aliphatic carbocycles. The molecule has 3 nitrogen and oxygen atoms in total. The number of nitrogens with one attached hydrogen (secondary N) is 1. The summed E-state index contributed by atoms with van der Waals surface area (Å²) in [5.74, 6) is -0.278. The van der Waals surface area contributed by atoms with Crippen molar-refractivity contribution in [3.05, 3.63) is 81.9 Å². The van der Waals surface area contributed by atoms with Gasteiger partial charge in [-0.05, 0) is 52.9 Å². The van der Waals surface area contributed by atoms with Crippen molar-refractivity contribution < 1.29 is 4.79 Å². The van der Waals surface area contributed by atoms with Crippen molar-refractivity contribution in [3.63, 3.8) is 0 Å². The first-order valence-electron chi connectivity index (χ1n) is 7.85. The van der Waals surface area contributed by atoms with E-state index in [2.05, 4.69) is 40.9 Å². The zero-order valence-electron chi connectivity index (χ0n) is 12.9. The maximum atomic E-state index is 12.1. The highest BCUT2D eigenvalue weighted by Gasteiger charge is 2.15. The van der Waals surface area contributed by atoms with Gasteiger partial charge in [0.05, 0.1) is 6.21 Å². The van der Waals surface area contributed by atoms with Gasteiger partial charge in [-0.15, -0.1) is 0 Å². The first-order valence-corrected chi connectivity index (χ1v) is 8.22. The summed E-state index contributed by atoms with van der Waals surface area (Å²) >= 11 is 5.90. The van der Waals surface area contributed by atoms with Crippen LogP contribution in [-0.4, -0.2) is 12.1 Å². The molecule has 0 atom stereocenters. The molecule has 4 rings (SSSR count). The van der Waals surface area contributed by atoms with Crippen molar-refractivity contribution in [2.24, 2.45) is 5.10 Å². The number of hydrazone groups is 1. The summed E-state index contributed by atoms with van der Waals surface area (Å²) in [5.41, 5.74) is 6.82. The third kappa shape index (κ3) is 2.68. The number of halogens is 1. The van der Waals surface area contributed by atoms with Gasteiger partial charge in [-0.1, -0.05) is 48.0 Å². The molecule has 0 saturated heterocycles. The summed E-state index contributed by atoms with van der Waals surface area (Å²) in [5, 5.41) is 7.16. The van der Waals surface area contributed by atoms with Gasteiger partial charge < -0.3 is 0 Å². The van der Waals surface area contributed by atoms with Crippen LogP contribution in [0.1, 0.15) is 27.0 Å². The highest BCUT2D eigenvalue weighted by atomic mass is 35.5. The number of hydrogen-bond donors (Lipinski definition) is 1. The summed E-state index contributed by atoms with van der Waals surface area (Å²) in [4.78, 5) is 12.1. The van der Waals surface area contributed by atoms with Crippen molar-refractivity contribution in [1.82, 2.24) is 5.43 Å². The number of benzene rings is 3. The predicted molar refractivity (Wildman–Crippen MR) is 97.9 cm³/mol. The SMILES string of the molecule is O=C(N/N=C\c1ccc2c3c(cccc13)CC2)c1cccc(Cl)c1. The maximum Gasteiger partial charge on any atom is 0.271 e. The molecule has 3 aromatic rings. The van der Waals surface area contributed by atoms with Crippen molar-refractivity contribution in [2.75, 3.05) is 0 Å². The lowest BCUT2D eigenvalue weighted by Gasteiger charge is -2.05. The van der Waals surface area contributed by atoms with Gasteiger partial charge in [-0.3, -0.25) is 4.79 Å². The van der Waals surface area contributed by atoms with Gasteiger partial charge in [0.1, 0.15) is 0 Å². The van der Waals surface area contributed by atoms with Crippen molar-refractivity contribution in [2.45, 2.75) is 12.8 Å². The Balaban J connectivity index is 1.59. The lowest BCUT2D eigenvalue weighted by atomic mass is 10.0. The number of carbonyl (C=O) groups is 1. The number of carbonyl (C=O) groups excluding carboxylic acids is 1. The molecule has 0 radical (unpaired) electrons. The normalized spacial score (nSPS) is 12.9. The van der Waals surface area contributed by atoms with Gasteiger partial charge in [0.2, 0.25) is 0 Å². The topological polar surface area (TPSA) is 41.5 Å². The Labute approximate surface area is 145 Å². The van der Waals surface area contributed by atoms with Crippen molar-refractivity contribution >= 4 is 34.5 Å². The van der Waals surface area contributed by atoms with Crippen LogP contribution in [0, 0.1) is 0 Å². The minimum Gasteiger partial charge on any atom is -0.267 e. The van der Waals surface area contributed by atoms with Gasteiger partial charge in [0, 0.05) is 16.1 Å². The van der Waals surface area contributed by atoms with E-state index in [9.17, 15) is 4.79 Å². The fraction of sp³-hybridized carbons (Fsp3) is 0.100. The lowest BCUT2D eigenvalue weighted by molar-refractivity contribution is 0.0955. The summed E-state index contributed by atoms with van der Waals surface area (Å²) in [6.07, 6.45) is 3.89. The molecular formula is C20H15ClN2O. The van der Waals surface area contributed by atoms with E-state index in [4.69, 9.17) is 11.6 Å². The first-order chi connectivity index (χ1) is 11.7. The van der Waals surface area contributed by atoms with E-state index in [1.165, 1.54) is 21.9 Å². The standard InChI is InChI=1S/C20H15ClN2O/c21-17-5-1-4-15(11-17)20(24)23-22-12-16-10-9-14-8-7-13-3-2-6-18(16)19(13)14/h1-6,9-12H,7-8H2,(H,23,24)/b22-12-. The molecule has 0 saturated carbocycles. The van der Waals surface area contributed by atoms with Crippen LogP contribution in [0.5, 0.6) is 0 Å². The van der Waals surface area contributed by atoms with E-state index >= 15 is 0 Å². The first kappa shape index (κ1) is 14.9. The Morgan fingerprint density at radius 3 is 2.67 bits per heavy atom. The molecule has 3 aromatic carbocycles. The van der Waals surface area contributed by atoms with Gasteiger partial charge >= 0.3 is 0 Å². The summed E-state index contributed by atoms with van der Waals surface area (Å²) in [6.45, 7) is 0. The molecule has 0 spiro atoms. The predicted octanol–water partition coefficient (Wildman–Crippen LogP) is 4.36. The number of aryl methyl sites for hydroxylation is 2. The molecule has 0 aliphatic heterocycles. The molecule has 1 aliphatic rings. The monoisotopic (exact) mass is 334 g/mol. The van der Waals surface area contributed by atoms with Gasteiger partial charge in [0.15, 0.2) is 0 Å². The van der Waals surface area contributed by atoms with Crippen LogP contribution < -0.4 is 5.43 Å². The van der Waals surface area contributed by atoms with Crippen LogP contribution in [0.4, 0.5) is 0 Å². The van der Waals surface area contributed by atoms with Gasteiger partial charge in [-0.25, -0.2) is 5.43 Å². The number of hydrogen-bond acceptors (Lipinski definition) is 2. The molecule has 0 bridgehead atoms. The zero-order chi connectivity index (χ0) is 16.5. The number of rotatable bonds is 3. The molecule has 0 aromatic heterocycles. The molecule has 0 heterocycles. The van der Waals surface area contributed by atoms with E-state index in [-0.39, 0.29) is 5.91 Å². The highest BCUT2D eigenvalue weighted by molar-refractivity contribution is 6.30. The Morgan fingerprint density at radius 1 is 1.04 bits per heavy atom. The van der Waals surface area contributed by atoms with Gasteiger partial charge in [-0.2, -0.15) is 5.10 Å². The molecule has 4 heteroatoms. The molecular weight excluding hydrogens is 320 g/mol. The van der Waals surface area contributed by atoms with Gasteiger partial charge in [0.25, 0.3) is 5.91 Å². The van der Waals surface area contributed by atoms with Crippen LogP contribution in [0.3, 0.4) is 0 Å². The molecule has 0 unspecified atom stereocenters. The van der Waals surface area contributed by atoms with Crippen LogP contribution in [0.2, 0.25) is 5.02 Å². The molecule has 0 fully saturated rings. The average molecular weight is 335 g/mol. The van der Waals surface area contributed by atoms with E-state index in [0.717, 1.165) is 18.4 Å². The largest absolute Gasteiger partial charge is 0.271 e. The van der Waals surface area contributed by atoms with E-state index in [1.807, 2.05) is 0 Å². The Morgan fingerprint density at radius 2 is 1.83 bits per heavy atom. The second-order valence-corrected chi connectivity index (χ2v) is 6.30. The van der Waals surface area contributed by atoms with Crippen molar-refractivity contribution in [3.8, 4) is 0 Å². The second-order valence-electron chi connectivity index (χ2n) is 5.86. The summed E-state index contributed by atoms with van der Waals surface area (Å²) in [6, 6.07) is 17.4. The summed E-state index contributed by atoms with van der Waals surface area (Å²) in [7, 11) is 0. The Bertz CT molecular complexity index is 968. The Kier molecular flexibility index (Phi) is 3.79. The zero-order valence-corrected chi connectivity index (χ0v) is 13.7. The minimum atomic E-state index is -0.278. The van der Waals surface area contributed by atoms with Crippen LogP contribution in [0.15, 0.2) is 59.7 Å². The fourth-order valence-corrected chi connectivity index (χ4v) is 3.43. The summed E-state index contributed by atoms with van der Waals surface area (Å²) < 4.78 is 0. The van der Waals surface area contributed by atoms with Crippen LogP contribution in [-0.2, 0) is 12.8 Å². The Hall–Kier alpha value is -2.65. The third-order valence-electron chi connectivity index (χ3n) is 4.37. The number of amides is 1. The third-order valence-corrected chi connectivity index (χ3v) is 4.60. The average Bonchev–Trinajstić information content (AvgIpc) is 3.02. The highest BCUT2D eigenvalue weighted by Crippen LogP contribution is 2.32. The van der Waals surface area contributed by atoms with Crippen LogP contribution in [0.25, 0.3) is 10.8 Å². The van der Waals surface area contributed by atoms with E-state index < -0.39 is 0 Å². The van der Waals surface area contributed by atoms with Crippen LogP contribution >= 0.6 is 11.6 Å².